The minimum atomic E-state index is -3.81. The standard InChI is InChI=1S/C16H12Cl2N4O3S2/c17-13-6-5-12(8-14(13)18)27(24,25)22-11-3-1-10(2-4-11)7-15(23)20-16-21-19-9-26-16/h1-6,8-9,22H,7H2,(H,20,21,23). The van der Waals surface area contributed by atoms with Gasteiger partial charge >= 0.3 is 0 Å². The number of sulfonamides is 1. The number of benzene rings is 2. The molecule has 140 valence electrons. The molecule has 3 rings (SSSR count). The molecule has 0 saturated carbocycles. The predicted octanol–water partition coefficient (Wildman–Crippen LogP) is 3.83. The second-order valence-corrected chi connectivity index (χ2v) is 8.68. The quantitative estimate of drug-likeness (QED) is 0.603. The Morgan fingerprint density at radius 1 is 1.07 bits per heavy atom. The molecule has 2 N–H and O–H groups in total. The van der Waals surface area contributed by atoms with Gasteiger partial charge in [-0.3, -0.25) is 9.52 Å². The van der Waals surface area contributed by atoms with Crippen molar-refractivity contribution in [3.05, 3.63) is 63.6 Å². The number of halogens is 2. The van der Waals surface area contributed by atoms with E-state index in [-0.39, 0.29) is 27.3 Å². The molecule has 0 saturated heterocycles. The van der Waals surface area contributed by atoms with E-state index >= 15 is 0 Å². The van der Waals surface area contributed by atoms with Crippen LogP contribution in [0.3, 0.4) is 0 Å². The maximum absolute atomic E-state index is 12.4. The average Bonchev–Trinajstić information content (AvgIpc) is 3.11. The Hall–Kier alpha value is -2.20. The van der Waals surface area contributed by atoms with Gasteiger partial charge in [-0.1, -0.05) is 46.7 Å². The molecule has 0 atom stereocenters. The number of rotatable bonds is 6. The number of anilines is 2. The van der Waals surface area contributed by atoms with E-state index in [4.69, 9.17) is 23.2 Å². The molecule has 1 heterocycles. The van der Waals surface area contributed by atoms with E-state index < -0.39 is 10.0 Å². The van der Waals surface area contributed by atoms with E-state index in [1.807, 2.05) is 0 Å². The number of carbonyl (C=O) groups excluding carboxylic acids is 1. The molecule has 0 unspecified atom stereocenters. The van der Waals surface area contributed by atoms with Crippen LogP contribution in [0.2, 0.25) is 10.0 Å². The number of nitrogens with zero attached hydrogens (tertiary/aromatic N) is 2. The highest BCUT2D eigenvalue weighted by Crippen LogP contribution is 2.26. The summed E-state index contributed by atoms with van der Waals surface area (Å²) in [7, 11) is -3.81. The molecule has 1 amide bonds. The molecular weight excluding hydrogens is 431 g/mol. The first-order valence-corrected chi connectivity index (χ1v) is 10.6. The van der Waals surface area contributed by atoms with Crippen LogP contribution in [-0.4, -0.2) is 24.5 Å². The van der Waals surface area contributed by atoms with Crippen LogP contribution < -0.4 is 10.0 Å². The predicted molar refractivity (Wildman–Crippen MR) is 106 cm³/mol. The van der Waals surface area contributed by atoms with Crippen molar-refractivity contribution in [1.29, 1.82) is 0 Å². The van der Waals surface area contributed by atoms with Gasteiger partial charge in [0.25, 0.3) is 10.0 Å². The average molecular weight is 443 g/mol. The van der Waals surface area contributed by atoms with Crippen molar-refractivity contribution < 1.29 is 13.2 Å². The zero-order chi connectivity index (χ0) is 19.4. The fourth-order valence-electron chi connectivity index (χ4n) is 2.13. The van der Waals surface area contributed by atoms with Gasteiger partial charge in [-0.15, -0.1) is 10.2 Å². The molecule has 0 aliphatic rings. The Kier molecular flexibility index (Phi) is 5.95. The van der Waals surface area contributed by atoms with E-state index in [9.17, 15) is 13.2 Å². The first-order chi connectivity index (χ1) is 12.8. The molecule has 0 spiro atoms. The van der Waals surface area contributed by atoms with Gasteiger partial charge in [-0.25, -0.2) is 8.42 Å². The van der Waals surface area contributed by atoms with E-state index in [0.717, 1.165) is 5.56 Å². The molecule has 3 aromatic rings. The fraction of sp³-hybridized carbons (Fsp3) is 0.0625. The van der Waals surface area contributed by atoms with Crippen LogP contribution >= 0.6 is 34.5 Å². The lowest BCUT2D eigenvalue weighted by Gasteiger charge is -2.09. The lowest BCUT2D eigenvalue weighted by Crippen LogP contribution is -2.15. The van der Waals surface area contributed by atoms with Crippen LogP contribution in [0.25, 0.3) is 0 Å². The highest BCUT2D eigenvalue weighted by molar-refractivity contribution is 7.92. The molecule has 0 aliphatic heterocycles. The Morgan fingerprint density at radius 2 is 1.81 bits per heavy atom. The van der Waals surface area contributed by atoms with Gasteiger partial charge in [0.05, 0.1) is 21.4 Å². The summed E-state index contributed by atoms with van der Waals surface area (Å²) in [6.07, 6.45) is 0.124. The first kappa shape index (κ1) is 19.6. The number of aromatic nitrogens is 2. The van der Waals surface area contributed by atoms with Crippen molar-refractivity contribution in [2.45, 2.75) is 11.3 Å². The zero-order valence-corrected chi connectivity index (χ0v) is 16.7. The Morgan fingerprint density at radius 3 is 2.44 bits per heavy atom. The second-order valence-electron chi connectivity index (χ2n) is 5.35. The number of amides is 1. The second kappa shape index (κ2) is 8.22. The normalized spacial score (nSPS) is 11.2. The summed E-state index contributed by atoms with van der Waals surface area (Å²) < 4.78 is 27.3. The van der Waals surface area contributed by atoms with Gasteiger partial charge in [-0.2, -0.15) is 0 Å². The number of nitrogens with one attached hydrogen (secondary N) is 2. The Bertz CT molecular complexity index is 1060. The van der Waals surface area contributed by atoms with Gasteiger partial charge in [0.2, 0.25) is 11.0 Å². The monoisotopic (exact) mass is 442 g/mol. The molecule has 0 radical (unpaired) electrons. The summed E-state index contributed by atoms with van der Waals surface area (Å²) >= 11 is 12.9. The lowest BCUT2D eigenvalue weighted by atomic mass is 10.1. The summed E-state index contributed by atoms with van der Waals surface area (Å²) in [4.78, 5) is 11.9. The van der Waals surface area contributed by atoms with Crippen LogP contribution in [-0.2, 0) is 21.2 Å². The zero-order valence-electron chi connectivity index (χ0n) is 13.5. The fourth-order valence-corrected chi connectivity index (χ4v) is 4.03. The van der Waals surface area contributed by atoms with Crippen LogP contribution in [0.5, 0.6) is 0 Å². The smallest absolute Gasteiger partial charge is 0.261 e. The molecule has 27 heavy (non-hydrogen) atoms. The summed E-state index contributed by atoms with van der Waals surface area (Å²) in [5.41, 5.74) is 2.59. The molecule has 0 aliphatic carbocycles. The Balaban J connectivity index is 1.66. The molecule has 7 nitrogen and oxygen atoms in total. The minimum absolute atomic E-state index is 0.00240. The van der Waals surface area contributed by atoms with E-state index in [1.54, 1.807) is 24.3 Å². The van der Waals surface area contributed by atoms with Gasteiger partial charge in [0.15, 0.2) is 0 Å². The van der Waals surface area contributed by atoms with Crippen LogP contribution in [0.4, 0.5) is 10.8 Å². The van der Waals surface area contributed by atoms with E-state index in [0.29, 0.717) is 10.8 Å². The van der Waals surface area contributed by atoms with Crippen LogP contribution in [0.15, 0.2) is 52.9 Å². The summed E-state index contributed by atoms with van der Waals surface area (Å²) in [6, 6.07) is 10.5. The molecular formula is C16H12Cl2N4O3S2. The van der Waals surface area contributed by atoms with Crippen LogP contribution in [0, 0.1) is 0 Å². The first-order valence-electron chi connectivity index (χ1n) is 7.46. The topological polar surface area (TPSA) is 101 Å². The van der Waals surface area contributed by atoms with E-state index in [1.165, 1.54) is 35.0 Å². The maximum atomic E-state index is 12.4. The van der Waals surface area contributed by atoms with Crippen LogP contribution in [0.1, 0.15) is 5.56 Å². The number of hydrogen-bond acceptors (Lipinski definition) is 6. The van der Waals surface area contributed by atoms with Crippen molar-refractivity contribution in [1.82, 2.24) is 10.2 Å². The van der Waals surface area contributed by atoms with Gasteiger partial charge < -0.3 is 5.32 Å². The van der Waals surface area contributed by atoms with Crippen molar-refractivity contribution in [3.8, 4) is 0 Å². The van der Waals surface area contributed by atoms with Crippen molar-refractivity contribution in [2.24, 2.45) is 0 Å². The summed E-state index contributed by atoms with van der Waals surface area (Å²) in [5.74, 6) is -0.240. The summed E-state index contributed by atoms with van der Waals surface area (Å²) in [5, 5.41) is 10.8. The van der Waals surface area contributed by atoms with Gasteiger partial charge in [0.1, 0.15) is 5.51 Å². The van der Waals surface area contributed by atoms with Crippen molar-refractivity contribution in [2.75, 3.05) is 10.0 Å². The van der Waals surface area contributed by atoms with Gasteiger partial charge in [0, 0.05) is 5.69 Å². The highest BCUT2D eigenvalue weighted by Gasteiger charge is 2.16. The molecule has 0 fully saturated rings. The van der Waals surface area contributed by atoms with Gasteiger partial charge in [-0.05, 0) is 35.9 Å². The molecule has 11 heteroatoms. The largest absolute Gasteiger partial charge is 0.300 e. The third-order valence-corrected chi connectivity index (χ3v) is 6.10. The minimum Gasteiger partial charge on any atom is -0.300 e. The molecule has 0 bridgehead atoms. The van der Waals surface area contributed by atoms with Crippen molar-refractivity contribution >= 4 is 61.3 Å². The highest BCUT2D eigenvalue weighted by atomic mass is 35.5. The van der Waals surface area contributed by atoms with E-state index in [2.05, 4.69) is 20.2 Å². The molecule has 2 aromatic carbocycles. The third-order valence-electron chi connectivity index (χ3n) is 3.38. The number of carbonyl (C=O) groups is 1. The SMILES string of the molecule is O=C(Cc1ccc(NS(=O)(=O)c2ccc(Cl)c(Cl)c2)cc1)Nc1nncs1. The Labute approximate surface area is 169 Å². The maximum Gasteiger partial charge on any atom is 0.261 e. The molecule has 1 aromatic heterocycles. The summed E-state index contributed by atoms with van der Waals surface area (Å²) in [6.45, 7) is 0. The number of hydrogen-bond donors (Lipinski definition) is 2. The lowest BCUT2D eigenvalue weighted by molar-refractivity contribution is -0.115. The third kappa shape index (κ3) is 5.16. The van der Waals surface area contributed by atoms with Crippen molar-refractivity contribution in [3.63, 3.8) is 0 Å².